The van der Waals surface area contributed by atoms with Crippen LogP contribution >= 0.6 is 22.6 Å². The van der Waals surface area contributed by atoms with Gasteiger partial charge in [-0.05, 0) is 47.6 Å². The van der Waals surface area contributed by atoms with E-state index in [1.54, 1.807) is 0 Å². The van der Waals surface area contributed by atoms with Gasteiger partial charge in [0.2, 0.25) is 0 Å². The number of halogens is 1. The number of anilines is 1. The van der Waals surface area contributed by atoms with Crippen molar-refractivity contribution in [1.29, 1.82) is 0 Å². The summed E-state index contributed by atoms with van der Waals surface area (Å²) < 4.78 is 3.16. The Kier molecular flexibility index (Phi) is 4.25. The van der Waals surface area contributed by atoms with Crippen molar-refractivity contribution in [1.82, 2.24) is 9.61 Å². The number of nitrogens with zero attached hydrogens (tertiary/aromatic N) is 3. The second kappa shape index (κ2) is 5.71. The summed E-state index contributed by atoms with van der Waals surface area (Å²) in [5.41, 5.74) is 2.46. The zero-order valence-corrected chi connectivity index (χ0v) is 12.5. The van der Waals surface area contributed by atoms with E-state index in [1.807, 2.05) is 10.7 Å². The molecular weight excluding hydrogens is 325 g/mol. The molecule has 0 fully saturated rings. The Morgan fingerprint density at radius 3 is 2.59 bits per heavy atom. The molecule has 17 heavy (non-hydrogen) atoms. The first-order chi connectivity index (χ1) is 8.27. The summed E-state index contributed by atoms with van der Waals surface area (Å²) in [5, 5.41) is 4.47. The van der Waals surface area contributed by atoms with Crippen LogP contribution < -0.4 is 4.90 Å². The monoisotopic (exact) mass is 343 g/mol. The van der Waals surface area contributed by atoms with E-state index in [-0.39, 0.29) is 0 Å². The first kappa shape index (κ1) is 12.7. The van der Waals surface area contributed by atoms with Crippen LogP contribution in [0, 0.1) is 3.70 Å². The molecule has 0 N–H and O–H groups in total. The van der Waals surface area contributed by atoms with Gasteiger partial charge >= 0.3 is 0 Å². The summed E-state index contributed by atoms with van der Waals surface area (Å²) in [6, 6.07) is 6.31. The van der Waals surface area contributed by atoms with E-state index in [9.17, 15) is 0 Å². The molecule has 2 rings (SSSR count). The van der Waals surface area contributed by atoms with Crippen LogP contribution in [-0.4, -0.2) is 22.7 Å². The zero-order valence-electron chi connectivity index (χ0n) is 10.4. The molecule has 0 atom stereocenters. The van der Waals surface area contributed by atoms with E-state index in [2.05, 4.69) is 64.6 Å². The summed E-state index contributed by atoms with van der Waals surface area (Å²) in [6.07, 6.45) is 4.32. The molecular formula is C13H18IN3. The summed E-state index contributed by atoms with van der Waals surface area (Å²) in [4.78, 5) is 2.43. The minimum absolute atomic E-state index is 1.10. The van der Waals surface area contributed by atoms with Crippen molar-refractivity contribution < 1.29 is 0 Å². The molecule has 0 aliphatic heterocycles. The van der Waals surface area contributed by atoms with Gasteiger partial charge in [-0.3, -0.25) is 0 Å². The number of hydrogen-bond donors (Lipinski definition) is 0. The lowest BCUT2D eigenvalue weighted by Crippen LogP contribution is -2.24. The van der Waals surface area contributed by atoms with E-state index in [1.165, 1.54) is 24.0 Å². The van der Waals surface area contributed by atoms with Crippen LogP contribution in [0.15, 0.2) is 24.4 Å². The highest BCUT2D eigenvalue weighted by Gasteiger charge is 2.11. The second-order valence-corrected chi connectivity index (χ2v) is 5.27. The van der Waals surface area contributed by atoms with E-state index in [0.717, 1.165) is 16.8 Å². The number of aromatic nitrogens is 2. The fourth-order valence-electron chi connectivity index (χ4n) is 2.10. The van der Waals surface area contributed by atoms with Gasteiger partial charge in [-0.15, -0.1) is 0 Å². The quantitative estimate of drug-likeness (QED) is 0.611. The van der Waals surface area contributed by atoms with E-state index < -0.39 is 0 Å². The van der Waals surface area contributed by atoms with Crippen LogP contribution in [0.3, 0.4) is 0 Å². The smallest absolute Gasteiger partial charge is 0.103 e. The minimum atomic E-state index is 1.10. The van der Waals surface area contributed by atoms with Gasteiger partial charge in [0, 0.05) is 13.1 Å². The third-order valence-electron chi connectivity index (χ3n) is 2.80. The Hall–Kier alpha value is -0.780. The first-order valence-corrected chi connectivity index (χ1v) is 7.23. The van der Waals surface area contributed by atoms with Gasteiger partial charge in [0.25, 0.3) is 0 Å². The van der Waals surface area contributed by atoms with Gasteiger partial charge in [0.1, 0.15) is 3.70 Å². The lowest BCUT2D eigenvalue weighted by Gasteiger charge is -2.22. The third-order valence-corrected chi connectivity index (χ3v) is 3.62. The highest BCUT2D eigenvalue weighted by molar-refractivity contribution is 14.1. The fraction of sp³-hybridized carbons (Fsp3) is 0.462. The number of rotatable bonds is 5. The van der Waals surface area contributed by atoms with Crippen molar-refractivity contribution in [3.05, 3.63) is 28.1 Å². The Labute approximate surface area is 116 Å². The maximum atomic E-state index is 4.47. The van der Waals surface area contributed by atoms with E-state index in [0.29, 0.717) is 0 Å². The molecule has 4 heteroatoms. The lowest BCUT2D eigenvalue weighted by atomic mass is 10.3. The molecule has 0 aliphatic carbocycles. The topological polar surface area (TPSA) is 20.5 Å². The average Bonchev–Trinajstić information content (AvgIpc) is 2.74. The molecule has 0 saturated carbocycles. The van der Waals surface area contributed by atoms with Gasteiger partial charge in [-0.2, -0.15) is 5.10 Å². The highest BCUT2D eigenvalue weighted by atomic mass is 127. The van der Waals surface area contributed by atoms with Crippen LogP contribution in [0.25, 0.3) is 5.52 Å². The number of fused-ring (bicyclic) bond motifs is 1. The van der Waals surface area contributed by atoms with Gasteiger partial charge in [0.15, 0.2) is 0 Å². The van der Waals surface area contributed by atoms with Crippen LogP contribution in [0.5, 0.6) is 0 Å². The number of hydrogen-bond acceptors (Lipinski definition) is 2. The second-order valence-electron chi connectivity index (χ2n) is 4.16. The summed E-state index contributed by atoms with van der Waals surface area (Å²) in [7, 11) is 0. The molecule has 0 radical (unpaired) electrons. The van der Waals surface area contributed by atoms with Gasteiger partial charge < -0.3 is 4.90 Å². The Balaban J connectivity index is 2.42. The molecule has 2 aromatic heterocycles. The molecule has 0 unspecified atom stereocenters. The Morgan fingerprint density at radius 2 is 1.94 bits per heavy atom. The van der Waals surface area contributed by atoms with Crippen molar-refractivity contribution >= 4 is 33.8 Å². The van der Waals surface area contributed by atoms with Crippen molar-refractivity contribution in [3.63, 3.8) is 0 Å². The van der Waals surface area contributed by atoms with Crippen LogP contribution in [0.4, 0.5) is 5.69 Å². The maximum absolute atomic E-state index is 4.47. The van der Waals surface area contributed by atoms with Crippen molar-refractivity contribution in [2.75, 3.05) is 18.0 Å². The van der Waals surface area contributed by atoms with Crippen molar-refractivity contribution in [2.45, 2.75) is 26.7 Å². The van der Waals surface area contributed by atoms with Gasteiger partial charge in [0.05, 0.1) is 17.4 Å². The summed E-state index contributed by atoms with van der Waals surface area (Å²) in [5.74, 6) is 0. The summed E-state index contributed by atoms with van der Waals surface area (Å²) >= 11 is 2.32. The Morgan fingerprint density at radius 1 is 1.24 bits per heavy atom. The minimum Gasteiger partial charge on any atom is -0.369 e. The van der Waals surface area contributed by atoms with Crippen molar-refractivity contribution in [3.8, 4) is 0 Å². The lowest BCUT2D eigenvalue weighted by molar-refractivity contribution is 0.747. The fourth-order valence-corrected chi connectivity index (χ4v) is 2.69. The first-order valence-electron chi connectivity index (χ1n) is 6.15. The van der Waals surface area contributed by atoms with E-state index in [4.69, 9.17) is 0 Å². The molecule has 0 aliphatic rings. The van der Waals surface area contributed by atoms with Crippen LogP contribution in [-0.2, 0) is 0 Å². The van der Waals surface area contributed by atoms with Crippen LogP contribution in [0.2, 0.25) is 0 Å². The molecule has 0 aromatic carbocycles. The molecule has 0 bridgehead atoms. The largest absolute Gasteiger partial charge is 0.369 e. The predicted octanol–water partition coefficient (Wildman–Crippen LogP) is 3.57. The summed E-state index contributed by atoms with van der Waals surface area (Å²) in [6.45, 7) is 6.64. The molecule has 0 saturated heterocycles. The molecule has 92 valence electrons. The molecule has 2 heterocycles. The standard InChI is InChI=1S/C13H18IN3/c1-3-8-16(9-4-2)12-10-15-17-11(12)6-5-7-13(17)14/h5-7,10H,3-4,8-9H2,1-2H3. The van der Waals surface area contributed by atoms with E-state index >= 15 is 0 Å². The molecule has 0 spiro atoms. The Bertz CT molecular complexity index is 486. The van der Waals surface area contributed by atoms with Crippen LogP contribution in [0.1, 0.15) is 26.7 Å². The third kappa shape index (κ3) is 2.56. The maximum Gasteiger partial charge on any atom is 0.103 e. The molecule has 3 nitrogen and oxygen atoms in total. The molecule has 0 amide bonds. The zero-order chi connectivity index (χ0) is 12.3. The predicted molar refractivity (Wildman–Crippen MR) is 80.7 cm³/mol. The van der Waals surface area contributed by atoms with Gasteiger partial charge in [-0.25, -0.2) is 4.52 Å². The average molecular weight is 343 g/mol. The molecule has 2 aromatic rings. The SMILES string of the molecule is CCCN(CCC)c1cnn2c(I)cccc12. The normalized spacial score (nSPS) is 11.0. The van der Waals surface area contributed by atoms with Gasteiger partial charge in [-0.1, -0.05) is 19.9 Å². The van der Waals surface area contributed by atoms with Crippen molar-refractivity contribution in [2.24, 2.45) is 0 Å². The number of pyridine rings is 1. The highest BCUT2D eigenvalue weighted by Crippen LogP contribution is 2.23.